The van der Waals surface area contributed by atoms with Gasteiger partial charge in [-0.15, -0.1) is 0 Å². The van der Waals surface area contributed by atoms with Gasteiger partial charge < -0.3 is 14.2 Å². The zero-order valence-corrected chi connectivity index (χ0v) is 12.7. The molecule has 1 aliphatic rings. The number of likely N-dealkylation sites (tertiary alicyclic amines) is 1. The molecular formula is C16H19N3O3. The molecule has 1 fully saturated rings. The second kappa shape index (κ2) is 6.27. The number of methoxy groups -OCH3 is 1. The van der Waals surface area contributed by atoms with Crippen LogP contribution in [0.2, 0.25) is 0 Å². The molecule has 2 aromatic heterocycles. The van der Waals surface area contributed by atoms with Gasteiger partial charge in [-0.2, -0.15) is 0 Å². The molecule has 6 heteroatoms. The van der Waals surface area contributed by atoms with Crippen LogP contribution in [0.4, 0.5) is 0 Å². The minimum atomic E-state index is 0.0104. The molecule has 0 unspecified atom stereocenters. The van der Waals surface area contributed by atoms with Gasteiger partial charge in [0.2, 0.25) is 0 Å². The summed E-state index contributed by atoms with van der Waals surface area (Å²) < 4.78 is 10.8. The van der Waals surface area contributed by atoms with E-state index >= 15 is 0 Å². The fourth-order valence-corrected chi connectivity index (χ4v) is 2.92. The number of rotatable bonds is 4. The van der Waals surface area contributed by atoms with Gasteiger partial charge in [-0.3, -0.25) is 9.78 Å². The minimum Gasteiger partial charge on any atom is -0.379 e. The quantitative estimate of drug-likeness (QED) is 0.860. The summed E-state index contributed by atoms with van der Waals surface area (Å²) in [6, 6.07) is 5.40. The number of carbonyl (C=O) groups is 1. The van der Waals surface area contributed by atoms with Crippen molar-refractivity contribution in [2.75, 3.05) is 20.2 Å². The average molecular weight is 301 g/mol. The molecule has 3 heterocycles. The van der Waals surface area contributed by atoms with Crippen molar-refractivity contribution in [1.29, 1.82) is 0 Å². The Morgan fingerprint density at radius 1 is 1.41 bits per heavy atom. The monoisotopic (exact) mass is 301 g/mol. The maximum atomic E-state index is 12.5. The maximum Gasteiger partial charge on any atom is 0.254 e. The van der Waals surface area contributed by atoms with E-state index in [1.165, 1.54) is 0 Å². The minimum absolute atomic E-state index is 0.0104. The van der Waals surface area contributed by atoms with Crippen molar-refractivity contribution in [3.8, 4) is 0 Å². The molecule has 116 valence electrons. The predicted molar refractivity (Wildman–Crippen MR) is 79.4 cm³/mol. The van der Waals surface area contributed by atoms with Gasteiger partial charge in [-0.1, -0.05) is 5.16 Å². The van der Waals surface area contributed by atoms with Gasteiger partial charge in [0.15, 0.2) is 0 Å². The Balaban J connectivity index is 1.70. The highest BCUT2D eigenvalue weighted by molar-refractivity contribution is 5.94. The summed E-state index contributed by atoms with van der Waals surface area (Å²) in [7, 11) is 1.68. The lowest BCUT2D eigenvalue weighted by atomic mass is 10.0. The lowest BCUT2D eigenvalue weighted by molar-refractivity contribution is 0.0672. The summed E-state index contributed by atoms with van der Waals surface area (Å²) in [4.78, 5) is 18.3. The SMILES string of the molecule is CO[C@H]1CN(C(=O)c2ccncc2)C[C@H]1Cc1cc(C)no1. The highest BCUT2D eigenvalue weighted by atomic mass is 16.5. The van der Waals surface area contributed by atoms with E-state index in [9.17, 15) is 4.79 Å². The van der Waals surface area contributed by atoms with Gasteiger partial charge in [-0.05, 0) is 19.1 Å². The normalized spacial score (nSPS) is 21.3. The molecule has 2 aromatic rings. The number of carbonyl (C=O) groups excluding carboxylic acids is 1. The van der Waals surface area contributed by atoms with E-state index in [1.807, 2.05) is 17.9 Å². The molecule has 0 aliphatic carbocycles. The van der Waals surface area contributed by atoms with Crippen LogP contribution in [0.3, 0.4) is 0 Å². The largest absolute Gasteiger partial charge is 0.379 e. The van der Waals surface area contributed by atoms with Crippen molar-refractivity contribution < 1.29 is 14.1 Å². The first-order chi connectivity index (χ1) is 10.7. The van der Waals surface area contributed by atoms with E-state index in [2.05, 4.69) is 10.1 Å². The number of hydrogen-bond acceptors (Lipinski definition) is 5. The third-order valence-electron chi connectivity index (χ3n) is 4.04. The van der Waals surface area contributed by atoms with Crippen LogP contribution in [0.5, 0.6) is 0 Å². The number of amides is 1. The van der Waals surface area contributed by atoms with Crippen LogP contribution in [-0.2, 0) is 11.2 Å². The van der Waals surface area contributed by atoms with Crippen LogP contribution < -0.4 is 0 Å². The Hall–Kier alpha value is -2.21. The predicted octanol–water partition coefficient (Wildman–Crippen LogP) is 1.71. The summed E-state index contributed by atoms with van der Waals surface area (Å²) >= 11 is 0. The van der Waals surface area contributed by atoms with E-state index in [0.717, 1.165) is 17.9 Å². The Labute approximate surface area is 129 Å². The molecule has 0 radical (unpaired) electrons. The molecule has 1 aliphatic heterocycles. The van der Waals surface area contributed by atoms with E-state index in [-0.39, 0.29) is 17.9 Å². The van der Waals surface area contributed by atoms with Crippen molar-refractivity contribution in [3.63, 3.8) is 0 Å². The summed E-state index contributed by atoms with van der Waals surface area (Å²) in [5, 5.41) is 3.91. The Kier molecular flexibility index (Phi) is 4.20. The topological polar surface area (TPSA) is 68.5 Å². The number of pyridine rings is 1. The fourth-order valence-electron chi connectivity index (χ4n) is 2.92. The fraction of sp³-hybridized carbons (Fsp3) is 0.438. The van der Waals surface area contributed by atoms with Crippen molar-refractivity contribution in [2.24, 2.45) is 5.92 Å². The van der Waals surface area contributed by atoms with Gasteiger partial charge in [0.05, 0.1) is 11.8 Å². The lowest BCUT2D eigenvalue weighted by Gasteiger charge is -2.15. The molecular weight excluding hydrogens is 282 g/mol. The van der Waals surface area contributed by atoms with Crippen LogP contribution >= 0.6 is 0 Å². The summed E-state index contributed by atoms with van der Waals surface area (Å²) in [5.41, 5.74) is 1.52. The number of aromatic nitrogens is 2. The van der Waals surface area contributed by atoms with Crippen LogP contribution in [-0.4, -0.2) is 47.3 Å². The zero-order valence-electron chi connectivity index (χ0n) is 12.7. The molecule has 0 spiro atoms. The number of aryl methyl sites for hydroxylation is 1. The zero-order chi connectivity index (χ0) is 15.5. The summed E-state index contributed by atoms with van der Waals surface area (Å²) in [5.74, 6) is 1.06. The molecule has 0 aromatic carbocycles. The maximum absolute atomic E-state index is 12.5. The van der Waals surface area contributed by atoms with Crippen molar-refractivity contribution >= 4 is 5.91 Å². The van der Waals surface area contributed by atoms with Crippen molar-refractivity contribution in [2.45, 2.75) is 19.4 Å². The van der Waals surface area contributed by atoms with Crippen LogP contribution in [0, 0.1) is 12.8 Å². The third kappa shape index (κ3) is 3.01. The smallest absolute Gasteiger partial charge is 0.254 e. The van der Waals surface area contributed by atoms with E-state index in [0.29, 0.717) is 18.7 Å². The van der Waals surface area contributed by atoms with Crippen LogP contribution in [0.15, 0.2) is 35.1 Å². The average Bonchev–Trinajstić information content (AvgIpc) is 3.14. The molecule has 0 N–H and O–H groups in total. The first-order valence-electron chi connectivity index (χ1n) is 7.31. The first-order valence-corrected chi connectivity index (χ1v) is 7.31. The van der Waals surface area contributed by atoms with Crippen molar-refractivity contribution in [3.05, 3.63) is 47.6 Å². The van der Waals surface area contributed by atoms with Crippen LogP contribution in [0.25, 0.3) is 0 Å². The highest BCUT2D eigenvalue weighted by Crippen LogP contribution is 2.25. The number of ether oxygens (including phenoxy) is 1. The summed E-state index contributed by atoms with van der Waals surface area (Å²) in [6.07, 6.45) is 3.99. The van der Waals surface area contributed by atoms with E-state index in [4.69, 9.17) is 9.26 Å². The Morgan fingerprint density at radius 2 is 2.18 bits per heavy atom. The molecule has 0 bridgehead atoms. The van der Waals surface area contributed by atoms with Gasteiger partial charge >= 0.3 is 0 Å². The Morgan fingerprint density at radius 3 is 2.82 bits per heavy atom. The molecule has 0 saturated carbocycles. The standard InChI is InChI=1S/C16H19N3O3/c1-11-7-14(22-18-11)8-13-9-19(10-15(13)21-2)16(20)12-3-5-17-6-4-12/h3-7,13,15H,8-10H2,1-2H3/t13-,15+/m1/s1. The molecule has 3 rings (SSSR count). The van der Waals surface area contributed by atoms with Gasteiger partial charge in [-0.25, -0.2) is 0 Å². The third-order valence-corrected chi connectivity index (χ3v) is 4.04. The number of nitrogens with zero attached hydrogens (tertiary/aromatic N) is 3. The molecule has 6 nitrogen and oxygen atoms in total. The molecule has 22 heavy (non-hydrogen) atoms. The first kappa shape index (κ1) is 14.7. The van der Waals surface area contributed by atoms with Crippen LogP contribution in [0.1, 0.15) is 21.8 Å². The van der Waals surface area contributed by atoms with Gasteiger partial charge in [0.1, 0.15) is 5.76 Å². The molecule has 2 atom stereocenters. The molecule has 1 saturated heterocycles. The van der Waals surface area contributed by atoms with Crippen molar-refractivity contribution in [1.82, 2.24) is 15.0 Å². The highest BCUT2D eigenvalue weighted by Gasteiger charge is 2.36. The lowest BCUT2D eigenvalue weighted by Crippen LogP contribution is -2.29. The second-order valence-corrected chi connectivity index (χ2v) is 5.62. The van der Waals surface area contributed by atoms with Gasteiger partial charge in [0.25, 0.3) is 5.91 Å². The Bertz CT molecular complexity index is 641. The van der Waals surface area contributed by atoms with Gasteiger partial charge in [0, 0.05) is 56.6 Å². The number of hydrogen-bond donors (Lipinski definition) is 0. The second-order valence-electron chi connectivity index (χ2n) is 5.62. The van der Waals surface area contributed by atoms with E-state index in [1.54, 1.807) is 31.6 Å². The summed E-state index contributed by atoms with van der Waals surface area (Å²) in [6.45, 7) is 3.14. The van der Waals surface area contributed by atoms with E-state index < -0.39 is 0 Å². The molecule has 1 amide bonds.